The molecule has 84 valence electrons. The van der Waals surface area contributed by atoms with Gasteiger partial charge in [0.15, 0.2) is 0 Å². The van der Waals surface area contributed by atoms with Crippen LogP contribution >= 0.6 is 0 Å². The Bertz CT molecular complexity index is 442. The molecule has 0 spiro atoms. The molecule has 0 saturated heterocycles. The molecular weight excluding hydrogens is 222 g/mol. The average molecular weight is 235 g/mol. The van der Waals surface area contributed by atoms with E-state index < -0.39 is 11.0 Å². The van der Waals surface area contributed by atoms with Gasteiger partial charge >= 0.3 is 0 Å². The second-order valence-corrected chi connectivity index (χ2v) is 5.46. The first kappa shape index (κ1) is 10.1. The van der Waals surface area contributed by atoms with Gasteiger partial charge < -0.3 is 5.32 Å². The molecule has 5 heteroatoms. The van der Waals surface area contributed by atoms with E-state index in [1.807, 2.05) is 22.5 Å². The molecule has 0 saturated carbocycles. The Morgan fingerprint density at radius 1 is 1.25 bits per heavy atom. The SMILES string of the molecule is O=S(c1ccccn1)N1CC2=C(CNC2)C1. The van der Waals surface area contributed by atoms with Crippen molar-refractivity contribution in [2.75, 3.05) is 26.2 Å². The summed E-state index contributed by atoms with van der Waals surface area (Å²) in [6.45, 7) is 3.52. The topological polar surface area (TPSA) is 45.2 Å². The first-order valence-electron chi connectivity index (χ1n) is 5.33. The maximum atomic E-state index is 12.2. The van der Waals surface area contributed by atoms with E-state index in [0.717, 1.165) is 26.2 Å². The zero-order valence-corrected chi connectivity index (χ0v) is 9.67. The Balaban J connectivity index is 1.75. The van der Waals surface area contributed by atoms with Gasteiger partial charge in [-0.1, -0.05) is 6.07 Å². The van der Waals surface area contributed by atoms with Gasteiger partial charge in [0.05, 0.1) is 0 Å². The van der Waals surface area contributed by atoms with Gasteiger partial charge in [0.25, 0.3) is 0 Å². The molecule has 3 heterocycles. The van der Waals surface area contributed by atoms with E-state index in [0.29, 0.717) is 5.03 Å². The lowest BCUT2D eigenvalue weighted by atomic mass is 10.2. The molecule has 1 aromatic rings. The molecule has 0 aromatic carbocycles. The lowest BCUT2D eigenvalue weighted by molar-refractivity contribution is 0.525. The van der Waals surface area contributed by atoms with E-state index in [4.69, 9.17) is 0 Å². The molecule has 1 atom stereocenters. The lowest BCUT2D eigenvalue weighted by Gasteiger charge is -2.15. The highest BCUT2D eigenvalue weighted by atomic mass is 32.2. The summed E-state index contributed by atoms with van der Waals surface area (Å²) in [5.41, 5.74) is 2.81. The molecule has 0 radical (unpaired) electrons. The Labute approximate surface area is 97.0 Å². The zero-order chi connectivity index (χ0) is 11.0. The molecule has 1 N–H and O–H groups in total. The molecule has 2 aliphatic rings. The fourth-order valence-electron chi connectivity index (χ4n) is 2.13. The number of pyridine rings is 1. The minimum Gasteiger partial charge on any atom is -0.309 e. The summed E-state index contributed by atoms with van der Waals surface area (Å²) in [4.78, 5) is 4.14. The maximum absolute atomic E-state index is 12.2. The molecule has 1 unspecified atom stereocenters. The van der Waals surface area contributed by atoms with Crippen molar-refractivity contribution < 1.29 is 4.21 Å². The van der Waals surface area contributed by atoms with Gasteiger partial charge in [-0.2, -0.15) is 0 Å². The number of aromatic nitrogens is 1. The molecule has 4 nitrogen and oxygen atoms in total. The predicted octanol–water partition coefficient (Wildman–Crippen LogP) is 0.320. The Kier molecular flexibility index (Phi) is 2.59. The molecule has 2 aliphatic heterocycles. The van der Waals surface area contributed by atoms with Crippen LogP contribution < -0.4 is 5.32 Å². The number of hydrogen-bond acceptors (Lipinski definition) is 3. The minimum absolute atomic E-state index is 0.650. The van der Waals surface area contributed by atoms with Crippen LogP contribution in [0.1, 0.15) is 0 Å². The fraction of sp³-hybridized carbons (Fsp3) is 0.364. The summed E-state index contributed by atoms with van der Waals surface area (Å²) in [6.07, 6.45) is 1.69. The second-order valence-electron chi connectivity index (χ2n) is 4.03. The van der Waals surface area contributed by atoms with Gasteiger partial charge in [-0.05, 0) is 23.3 Å². The van der Waals surface area contributed by atoms with Crippen LogP contribution in [-0.4, -0.2) is 39.7 Å². The first-order chi connectivity index (χ1) is 7.84. The van der Waals surface area contributed by atoms with E-state index in [1.165, 1.54) is 11.1 Å². The molecule has 3 rings (SSSR count). The quantitative estimate of drug-likeness (QED) is 0.751. The van der Waals surface area contributed by atoms with Gasteiger partial charge in [0.1, 0.15) is 16.0 Å². The largest absolute Gasteiger partial charge is 0.309 e. The van der Waals surface area contributed by atoms with Gasteiger partial charge in [0.2, 0.25) is 0 Å². The van der Waals surface area contributed by atoms with E-state index >= 15 is 0 Å². The smallest absolute Gasteiger partial charge is 0.147 e. The highest BCUT2D eigenvalue weighted by molar-refractivity contribution is 7.82. The number of nitrogens with one attached hydrogen (secondary N) is 1. The summed E-state index contributed by atoms with van der Waals surface area (Å²) < 4.78 is 14.2. The molecule has 0 fully saturated rings. The molecule has 0 bridgehead atoms. The Morgan fingerprint density at radius 2 is 2.00 bits per heavy atom. The second kappa shape index (κ2) is 4.08. The van der Waals surface area contributed by atoms with Crippen LogP contribution in [-0.2, 0) is 11.0 Å². The maximum Gasteiger partial charge on any atom is 0.147 e. The van der Waals surface area contributed by atoms with Crippen molar-refractivity contribution in [2.45, 2.75) is 5.03 Å². The third kappa shape index (κ3) is 1.71. The highest BCUT2D eigenvalue weighted by Gasteiger charge is 2.29. The number of nitrogens with zero attached hydrogens (tertiary/aromatic N) is 2. The van der Waals surface area contributed by atoms with Gasteiger partial charge in [-0.25, -0.2) is 13.5 Å². The van der Waals surface area contributed by atoms with E-state index in [-0.39, 0.29) is 0 Å². The zero-order valence-electron chi connectivity index (χ0n) is 8.85. The van der Waals surface area contributed by atoms with Crippen LogP contribution in [0.15, 0.2) is 40.6 Å². The molecule has 0 amide bonds. The lowest BCUT2D eigenvalue weighted by Crippen LogP contribution is -2.29. The first-order valence-corrected chi connectivity index (χ1v) is 6.43. The monoisotopic (exact) mass is 235 g/mol. The minimum atomic E-state index is -1.12. The van der Waals surface area contributed by atoms with Crippen molar-refractivity contribution in [3.63, 3.8) is 0 Å². The van der Waals surface area contributed by atoms with E-state index in [9.17, 15) is 4.21 Å². The third-order valence-electron chi connectivity index (χ3n) is 2.96. The van der Waals surface area contributed by atoms with Crippen LogP contribution in [0.5, 0.6) is 0 Å². The van der Waals surface area contributed by atoms with E-state index in [2.05, 4.69) is 10.3 Å². The fourth-order valence-corrected chi connectivity index (χ4v) is 3.29. The summed E-state index contributed by atoms with van der Waals surface area (Å²) in [5, 5.41) is 3.96. The Morgan fingerprint density at radius 3 is 2.62 bits per heavy atom. The normalized spacial score (nSPS) is 22.5. The van der Waals surface area contributed by atoms with Crippen molar-refractivity contribution in [3.8, 4) is 0 Å². The molecule has 16 heavy (non-hydrogen) atoms. The van der Waals surface area contributed by atoms with Crippen LogP contribution in [0.3, 0.4) is 0 Å². The summed E-state index contributed by atoms with van der Waals surface area (Å²) in [5.74, 6) is 0. The van der Waals surface area contributed by atoms with Crippen molar-refractivity contribution >= 4 is 11.0 Å². The highest BCUT2D eigenvalue weighted by Crippen LogP contribution is 2.23. The van der Waals surface area contributed by atoms with Crippen molar-refractivity contribution in [1.82, 2.24) is 14.6 Å². The summed E-state index contributed by atoms with van der Waals surface area (Å²) in [7, 11) is -1.12. The van der Waals surface area contributed by atoms with Crippen LogP contribution in [0.25, 0.3) is 0 Å². The van der Waals surface area contributed by atoms with Crippen molar-refractivity contribution in [2.24, 2.45) is 0 Å². The number of hydrogen-bond donors (Lipinski definition) is 1. The molecular formula is C11H13N3OS. The summed E-state index contributed by atoms with van der Waals surface area (Å²) in [6, 6.07) is 5.53. The third-order valence-corrected chi connectivity index (χ3v) is 4.29. The van der Waals surface area contributed by atoms with Gasteiger partial charge in [-0.15, -0.1) is 0 Å². The molecule has 0 aliphatic carbocycles. The van der Waals surface area contributed by atoms with Crippen molar-refractivity contribution in [1.29, 1.82) is 0 Å². The average Bonchev–Trinajstić information content (AvgIpc) is 2.89. The standard InChI is InChI=1S/C11H13N3OS/c15-16(11-3-1-2-4-13-11)14-7-9-5-12-6-10(9)8-14/h1-4,12H,5-8H2. The van der Waals surface area contributed by atoms with Crippen LogP contribution in [0.2, 0.25) is 0 Å². The van der Waals surface area contributed by atoms with Crippen molar-refractivity contribution in [3.05, 3.63) is 35.5 Å². The predicted molar refractivity (Wildman–Crippen MR) is 62.1 cm³/mol. The van der Waals surface area contributed by atoms with E-state index in [1.54, 1.807) is 6.20 Å². The van der Waals surface area contributed by atoms with Gasteiger partial charge in [-0.3, -0.25) is 0 Å². The number of rotatable bonds is 2. The van der Waals surface area contributed by atoms with Crippen LogP contribution in [0.4, 0.5) is 0 Å². The summed E-state index contributed by atoms with van der Waals surface area (Å²) >= 11 is 0. The Hall–Kier alpha value is -1.04. The van der Waals surface area contributed by atoms with Gasteiger partial charge in [0, 0.05) is 32.4 Å². The molecule has 1 aromatic heterocycles. The van der Waals surface area contributed by atoms with Crippen LogP contribution in [0, 0.1) is 0 Å².